The van der Waals surface area contributed by atoms with Crippen molar-refractivity contribution in [2.45, 2.75) is 76.2 Å². The van der Waals surface area contributed by atoms with Gasteiger partial charge in [0.15, 0.2) is 5.76 Å². The highest BCUT2D eigenvalue weighted by Gasteiger charge is 2.35. The summed E-state index contributed by atoms with van der Waals surface area (Å²) in [4.78, 5) is 17.7. The fourth-order valence-electron chi connectivity index (χ4n) is 5.48. The van der Waals surface area contributed by atoms with Crippen LogP contribution in [-0.4, -0.2) is 78.9 Å². The van der Waals surface area contributed by atoms with Gasteiger partial charge in [-0.3, -0.25) is 9.69 Å². The summed E-state index contributed by atoms with van der Waals surface area (Å²) >= 11 is 0. The van der Waals surface area contributed by atoms with E-state index in [1.165, 1.54) is 36.4 Å². The second-order valence-corrected chi connectivity index (χ2v) is 11.3. The van der Waals surface area contributed by atoms with Gasteiger partial charge in [-0.2, -0.15) is 4.31 Å². The average Bonchev–Trinajstić information content (AvgIpc) is 3.13. The minimum atomic E-state index is -3.59. The number of amides is 1. The standard InChI is InChI=1S/C22H36N4O4S/c1-17-22(18(2)30-23-17)31(28,29)26-10-8-19(9-11-26)16-21(27)25-14-12-24(13-15-25)20-6-4-3-5-7-20/h19-20H,3-16H2,1-2H3. The van der Waals surface area contributed by atoms with Crippen LogP contribution in [0, 0.1) is 19.8 Å². The van der Waals surface area contributed by atoms with Gasteiger partial charge in [0, 0.05) is 51.7 Å². The number of hydrogen-bond acceptors (Lipinski definition) is 6. The van der Waals surface area contributed by atoms with E-state index in [9.17, 15) is 13.2 Å². The molecule has 1 aromatic heterocycles. The molecule has 3 heterocycles. The van der Waals surface area contributed by atoms with Gasteiger partial charge in [0.05, 0.1) is 0 Å². The molecule has 0 unspecified atom stereocenters. The van der Waals surface area contributed by atoms with Crippen molar-refractivity contribution in [2.75, 3.05) is 39.3 Å². The van der Waals surface area contributed by atoms with Crippen molar-refractivity contribution in [1.82, 2.24) is 19.3 Å². The second kappa shape index (κ2) is 9.58. The van der Waals surface area contributed by atoms with Crippen molar-refractivity contribution in [2.24, 2.45) is 5.92 Å². The summed E-state index contributed by atoms with van der Waals surface area (Å²) in [6, 6.07) is 0.718. The van der Waals surface area contributed by atoms with Crippen molar-refractivity contribution in [1.29, 1.82) is 0 Å². The Morgan fingerprint density at radius 2 is 1.61 bits per heavy atom. The third-order valence-corrected chi connectivity index (χ3v) is 9.50. The number of sulfonamides is 1. The summed E-state index contributed by atoms with van der Waals surface area (Å²) in [7, 11) is -3.59. The molecule has 9 heteroatoms. The zero-order valence-electron chi connectivity index (χ0n) is 18.9. The molecule has 3 fully saturated rings. The first kappa shape index (κ1) is 22.7. The molecule has 1 aromatic rings. The molecule has 0 atom stereocenters. The number of aromatic nitrogens is 1. The molecule has 0 bridgehead atoms. The lowest BCUT2D eigenvalue weighted by molar-refractivity contribution is -0.134. The Balaban J connectivity index is 1.24. The maximum absolute atomic E-state index is 13.0. The van der Waals surface area contributed by atoms with Crippen LogP contribution >= 0.6 is 0 Å². The zero-order chi connectivity index (χ0) is 22.0. The number of aryl methyl sites for hydroxylation is 2. The summed E-state index contributed by atoms with van der Waals surface area (Å²) in [5, 5.41) is 3.78. The molecule has 4 rings (SSSR count). The van der Waals surface area contributed by atoms with Gasteiger partial charge >= 0.3 is 0 Å². The molecule has 174 valence electrons. The Bertz CT molecular complexity index is 843. The third kappa shape index (κ3) is 4.98. The van der Waals surface area contributed by atoms with Crippen LogP contribution in [0.15, 0.2) is 9.42 Å². The lowest BCUT2D eigenvalue weighted by Crippen LogP contribution is -2.52. The number of hydrogen-bond donors (Lipinski definition) is 0. The fourth-order valence-corrected chi connectivity index (χ4v) is 7.25. The maximum Gasteiger partial charge on any atom is 0.248 e. The van der Waals surface area contributed by atoms with Crippen LogP contribution < -0.4 is 0 Å². The minimum Gasteiger partial charge on any atom is -0.360 e. The number of piperazine rings is 1. The van der Waals surface area contributed by atoms with Gasteiger partial charge in [-0.05, 0) is 45.4 Å². The zero-order valence-corrected chi connectivity index (χ0v) is 19.7. The summed E-state index contributed by atoms with van der Waals surface area (Å²) in [5.41, 5.74) is 0.405. The van der Waals surface area contributed by atoms with Gasteiger partial charge < -0.3 is 9.42 Å². The van der Waals surface area contributed by atoms with Crippen molar-refractivity contribution in [3.05, 3.63) is 11.5 Å². The normalized spacial score (nSPS) is 23.4. The molecule has 2 aliphatic heterocycles. The topological polar surface area (TPSA) is 87.0 Å². The van der Waals surface area contributed by atoms with E-state index in [-0.39, 0.29) is 16.7 Å². The van der Waals surface area contributed by atoms with Crippen molar-refractivity contribution in [3.8, 4) is 0 Å². The fraction of sp³-hybridized carbons (Fsp3) is 0.818. The van der Waals surface area contributed by atoms with E-state index in [1.807, 2.05) is 4.90 Å². The largest absolute Gasteiger partial charge is 0.360 e. The molecule has 2 saturated heterocycles. The molecule has 1 amide bonds. The maximum atomic E-state index is 13.0. The Kier molecular flexibility index (Phi) is 7.03. The van der Waals surface area contributed by atoms with Crippen molar-refractivity contribution in [3.63, 3.8) is 0 Å². The van der Waals surface area contributed by atoms with Crippen LogP contribution in [-0.2, 0) is 14.8 Å². The van der Waals surface area contributed by atoms with Crippen LogP contribution in [0.5, 0.6) is 0 Å². The van der Waals surface area contributed by atoms with E-state index in [0.29, 0.717) is 31.0 Å². The molecule has 0 aromatic carbocycles. The van der Waals surface area contributed by atoms with Crippen LogP contribution in [0.2, 0.25) is 0 Å². The van der Waals surface area contributed by atoms with Gasteiger partial charge in [0.2, 0.25) is 15.9 Å². The van der Waals surface area contributed by atoms with E-state index in [1.54, 1.807) is 13.8 Å². The van der Waals surface area contributed by atoms with Crippen LogP contribution in [0.25, 0.3) is 0 Å². The summed E-state index contributed by atoms with van der Waals surface area (Å²) in [6.07, 6.45) is 8.64. The Hall–Kier alpha value is -1.45. The first-order valence-corrected chi connectivity index (χ1v) is 13.2. The summed E-state index contributed by atoms with van der Waals surface area (Å²) in [5.74, 6) is 0.817. The van der Waals surface area contributed by atoms with E-state index >= 15 is 0 Å². The first-order chi connectivity index (χ1) is 14.9. The number of carbonyl (C=O) groups is 1. The van der Waals surface area contributed by atoms with Gasteiger partial charge in [-0.25, -0.2) is 8.42 Å². The van der Waals surface area contributed by atoms with Gasteiger partial charge in [0.1, 0.15) is 10.6 Å². The number of rotatable bonds is 5. The van der Waals surface area contributed by atoms with Crippen LogP contribution in [0.1, 0.15) is 62.8 Å². The monoisotopic (exact) mass is 452 g/mol. The summed E-state index contributed by atoms with van der Waals surface area (Å²) < 4.78 is 32.5. The smallest absolute Gasteiger partial charge is 0.248 e. The van der Waals surface area contributed by atoms with Gasteiger partial charge in [-0.15, -0.1) is 0 Å². The molecular formula is C22H36N4O4S. The molecule has 0 N–H and O–H groups in total. The van der Waals surface area contributed by atoms with Crippen molar-refractivity contribution < 1.29 is 17.7 Å². The molecular weight excluding hydrogens is 416 g/mol. The molecule has 0 radical (unpaired) electrons. The highest BCUT2D eigenvalue weighted by Crippen LogP contribution is 2.29. The number of piperidine rings is 1. The highest BCUT2D eigenvalue weighted by molar-refractivity contribution is 7.89. The van der Waals surface area contributed by atoms with Crippen LogP contribution in [0.4, 0.5) is 0 Å². The SMILES string of the molecule is Cc1noc(C)c1S(=O)(=O)N1CCC(CC(=O)N2CCN(C3CCCCC3)CC2)CC1. The minimum absolute atomic E-state index is 0.192. The second-order valence-electron chi connectivity index (χ2n) is 9.41. The lowest BCUT2D eigenvalue weighted by Gasteiger charge is -2.41. The predicted molar refractivity (Wildman–Crippen MR) is 117 cm³/mol. The molecule has 0 spiro atoms. The molecule has 3 aliphatic rings. The van der Waals surface area contributed by atoms with E-state index < -0.39 is 10.0 Å². The Morgan fingerprint density at radius 3 is 2.19 bits per heavy atom. The Morgan fingerprint density at radius 1 is 0.968 bits per heavy atom. The van der Waals surface area contributed by atoms with Crippen LogP contribution in [0.3, 0.4) is 0 Å². The van der Waals surface area contributed by atoms with Gasteiger partial charge in [-0.1, -0.05) is 24.4 Å². The van der Waals surface area contributed by atoms with E-state index in [2.05, 4.69) is 10.1 Å². The quantitative estimate of drug-likeness (QED) is 0.682. The predicted octanol–water partition coefficient (Wildman–Crippen LogP) is 2.56. The molecule has 1 saturated carbocycles. The molecule has 1 aliphatic carbocycles. The van der Waals surface area contributed by atoms with E-state index in [0.717, 1.165) is 45.1 Å². The highest BCUT2D eigenvalue weighted by atomic mass is 32.2. The van der Waals surface area contributed by atoms with Crippen molar-refractivity contribution >= 4 is 15.9 Å². The Labute approximate surface area is 186 Å². The van der Waals surface area contributed by atoms with Gasteiger partial charge in [0.25, 0.3) is 0 Å². The first-order valence-electron chi connectivity index (χ1n) is 11.8. The molecule has 8 nitrogen and oxygen atoms in total. The number of nitrogens with zero attached hydrogens (tertiary/aromatic N) is 4. The number of carbonyl (C=O) groups excluding carboxylic acids is 1. The average molecular weight is 453 g/mol. The lowest BCUT2D eigenvalue weighted by atomic mass is 9.93. The third-order valence-electron chi connectivity index (χ3n) is 7.36. The summed E-state index contributed by atoms with van der Waals surface area (Å²) in [6.45, 7) is 7.81. The van der Waals surface area contributed by atoms with E-state index in [4.69, 9.17) is 4.52 Å². The molecule has 31 heavy (non-hydrogen) atoms.